The summed E-state index contributed by atoms with van der Waals surface area (Å²) in [6.45, 7) is 1.17. The summed E-state index contributed by atoms with van der Waals surface area (Å²) < 4.78 is 13.6. The molecular weight excluding hydrogens is 239 g/mol. The highest BCUT2D eigenvalue weighted by atomic mass is 32.2. The fourth-order valence-electron chi connectivity index (χ4n) is 1.20. The van der Waals surface area contributed by atoms with Crippen LogP contribution in [0.1, 0.15) is 24.5 Å². The molecule has 1 N–H and O–H groups in total. The van der Waals surface area contributed by atoms with Crippen LogP contribution in [0.15, 0.2) is 18.2 Å². The number of carbonyl (C=O) groups excluding carboxylic acids is 1. The van der Waals surface area contributed by atoms with Crippen LogP contribution in [-0.2, 0) is 11.4 Å². The minimum Gasteiger partial charge on any atom is -0.392 e. The predicted octanol–water partition coefficient (Wildman–Crippen LogP) is 2.34. The van der Waals surface area contributed by atoms with Gasteiger partial charge in [0.2, 0.25) is 0 Å². The van der Waals surface area contributed by atoms with Gasteiger partial charge in [0.25, 0.3) is 0 Å². The minimum absolute atomic E-state index is 0.0558. The number of thioether (sulfide) groups is 1. The summed E-state index contributed by atoms with van der Waals surface area (Å²) in [6, 6.07) is 4.74. The third-order valence-electron chi connectivity index (χ3n) is 2.00. The van der Waals surface area contributed by atoms with E-state index in [0.29, 0.717) is 12.2 Å². The van der Waals surface area contributed by atoms with Gasteiger partial charge in [-0.3, -0.25) is 4.79 Å². The van der Waals surface area contributed by atoms with Crippen LogP contribution in [-0.4, -0.2) is 16.0 Å². The van der Waals surface area contributed by atoms with Crippen LogP contribution in [0.5, 0.6) is 0 Å². The first-order valence-corrected chi connectivity index (χ1v) is 6.14. The number of aliphatic hydroxyl groups excluding tert-OH is 1. The Labute approximate surface area is 104 Å². The molecule has 0 spiro atoms. The standard InChI is InChI=1S/C13H13FO2S/c1-10(16)17-8-3-2-5-11-6-4-7-12(9-15)13(11)14/h4,6-7,15H,3,8-9H2,1H3. The van der Waals surface area contributed by atoms with Gasteiger partial charge in [0.15, 0.2) is 5.12 Å². The average molecular weight is 252 g/mol. The summed E-state index contributed by atoms with van der Waals surface area (Å²) >= 11 is 1.20. The van der Waals surface area contributed by atoms with E-state index >= 15 is 0 Å². The monoisotopic (exact) mass is 252 g/mol. The molecule has 0 heterocycles. The second kappa shape index (κ2) is 7.10. The number of halogens is 1. The van der Waals surface area contributed by atoms with Crippen molar-refractivity contribution < 1.29 is 14.3 Å². The lowest BCUT2D eigenvalue weighted by molar-refractivity contribution is -0.109. The van der Waals surface area contributed by atoms with Gasteiger partial charge >= 0.3 is 0 Å². The Kier molecular flexibility index (Phi) is 5.75. The normalized spacial score (nSPS) is 9.59. The number of hydrogen-bond acceptors (Lipinski definition) is 3. The van der Waals surface area contributed by atoms with Gasteiger partial charge in [-0.15, -0.1) is 0 Å². The molecule has 4 heteroatoms. The molecule has 0 fully saturated rings. The first kappa shape index (κ1) is 13.8. The van der Waals surface area contributed by atoms with Crippen molar-refractivity contribution in [3.8, 4) is 11.8 Å². The molecule has 0 atom stereocenters. The van der Waals surface area contributed by atoms with Crippen molar-refractivity contribution in [1.82, 2.24) is 0 Å². The lowest BCUT2D eigenvalue weighted by Crippen LogP contribution is -1.93. The molecule has 0 aromatic heterocycles. The molecular formula is C13H13FO2S. The topological polar surface area (TPSA) is 37.3 Å². The van der Waals surface area contributed by atoms with Gasteiger partial charge in [0.1, 0.15) is 5.82 Å². The number of aliphatic hydroxyl groups is 1. The molecule has 2 nitrogen and oxygen atoms in total. The maximum Gasteiger partial charge on any atom is 0.185 e. The Balaban J connectivity index is 2.62. The lowest BCUT2D eigenvalue weighted by atomic mass is 10.1. The first-order valence-electron chi connectivity index (χ1n) is 5.15. The fraction of sp³-hybridized carbons (Fsp3) is 0.308. The number of rotatable bonds is 3. The van der Waals surface area contributed by atoms with Crippen LogP contribution in [0.25, 0.3) is 0 Å². The largest absolute Gasteiger partial charge is 0.392 e. The summed E-state index contributed by atoms with van der Waals surface area (Å²) in [4.78, 5) is 10.6. The molecule has 17 heavy (non-hydrogen) atoms. The zero-order valence-corrected chi connectivity index (χ0v) is 10.3. The third-order valence-corrected chi connectivity index (χ3v) is 2.82. The Morgan fingerprint density at radius 3 is 2.94 bits per heavy atom. The van der Waals surface area contributed by atoms with E-state index in [2.05, 4.69) is 11.8 Å². The highest BCUT2D eigenvalue weighted by Crippen LogP contribution is 2.12. The summed E-state index contributed by atoms with van der Waals surface area (Å²) in [5.41, 5.74) is 0.527. The van der Waals surface area contributed by atoms with Gasteiger partial charge in [-0.25, -0.2) is 4.39 Å². The van der Waals surface area contributed by atoms with E-state index in [0.717, 1.165) is 0 Å². The van der Waals surface area contributed by atoms with Crippen LogP contribution in [0.2, 0.25) is 0 Å². The Bertz CT molecular complexity index is 460. The van der Waals surface area contributed by atoms with E-state index in [1.165, 1.54) is 24.8 Å². The predicted molar refractivity (Wildman–Crippen MR) is 67.0 cm³/mol. The third kappa shape index (κ3) is 4.59. The number of hydrogen-bond donors (Lipinski definition) is 1. The van der Waals surface area contributed by atoms with Gasteiger partial charge in [-0.2, -0.15) is 0 Å². The summed E-state index contributed by atoms with van der Waals surface area (Å²) in [5.74, 6) is 5.65. The molecule has 1 aromatic rings. The quantitative estimate of drug-likeness (QED) is 0.662. The van der Waals surface area contributed by atoms with Gasteiger partial charge < -0.3 is 5.11 Å². The zero-order chi connectivity index (χ0) is 12.7. The summed E-state index contributed by atoms with van der Waals surface area (Å²) in [6.07, 6.45) is 0.535. The molecule has 0 radical (unpaired) electrons. The van der Waals surface area contributed by atoms with E-state index in [1.807, 2.05) is 0 Å². The van der Waals surface area contributed by atoms with Crippen LogP contribution >= 0.6 is 11.8 Å². The van der Waals surface area contributed by atoms with Crippen LogP contribution in [0, 0.1) is 17.7 Å². The first-order chi connectivity index (χ1) is 8.15. The molecule has 0 aliphatic rings. The smallest absolute Gasteiger partial charge is 0.185 e. The molecule has 0 saturated carbocycles. The molecule has 0 amide bonds. The Morgan fingerprint density at radius 2 is 2.29 bits per heavy atom. The zero-order valence-electron chi connectivity index (χ0n) is 9.50. The van der Waals surface area contributed by atoms with Crippen LogP contribution in [0.3, 0.4) is 0 Å². The van der Waals surface area contributed by atoms with E-state index in [1.54, 1.807) is 12.1 Å². The average Bonchev–Trinajstić information content (AvgIpc) is 2.30. The van der Waals surface area contributed by atoms with Gasteiger partial charge in [0.05, 0.1) is 12.2 Å². The van der Waals surface area contributed by atoms with Crippen molar-refractivity contribution in [1.29, 1.82) is 0 Å². The second-order valence-electron chi connectivity index (χ2n) is 3.33. The van der Waals surface area contributed by atoms with E-state index < -0.39 is 5.82 Å². The van der Waals surface area contributed by atoms with Crippen molar-refractivity contribution in [2.45, 2.75) is 20.0 Å². The second-order valence-corrected chi connectivity index (χ2v) is 4.60. The highest BCUT2D eigenvalue weighted by molar-refractivity contribution is 8.13. The van der Waals surface area contributed by atoms with Gasteiger partial charge in [-0.05, 0) is 6.07 Å². The lowest BCUT2D eigenvalue weighted by Gasteiger charge is -1.99. The van der Waals surface area contributed by atoms with E-state index in [4.69, 9.17) is 5.11 Å². The van der Waals surface area contributed by atoms with Crippen molar-refractivity contribution in [3.05, 3.63) is 35.1 Å². The minimum atomic E-state index is -0.471. The van der Waals surface area contributed by atoms with Crippen molar-refractivity contribution in [2.75, 3.05) is 5.75 Å². The number of benzene rings is 1. The maximum absolute atomic E-state index is 13.6. The molecule has 0 saturated heterocycles. The molecule has 1 aromatic carbocycles. The van der Waals surface area contributed by atoms with Crippen molar-refractivity contribution >= 4 is 16.9 Å². The van der Waals surface area contributed by atoms with E-state index in [-0.39, 0.29) is 22.8 Å². The summed E-state index contributed by atoms with van der Waals surface area (Å²) in [7, 11) is 0. The van der Waals surface area contributed by atoms with Crippen molar-refractivity contribution in [2.24, 2.45) is 0 Å². The van der Waals surface area contributed by atoms with Crippen LogP contribution in [0.4, 0.5) is 4.39 Å². The Hall–Kier alpha value is -1.31. The summed E-state index contributed by atoms with van der Waals surface area (Å²) in [5, 5.41) is 8.94. The molecule has 90 valence electrons. The van der Waals surface area contributed by atoms with E-state index in [9.17, 15) is 9.18 Å². The molecule has 0 bridgehead atoms. The Morgan fingerprint density at radius 1 is 1.53 bits per heavy atom. The molecule has 0 aliphatic heterocycles. The molecule has 1 rings (SSSR count). The molecule has 0 aliphatic carbocycles. The van der Waals surface area contributed by atoms with Crippen molar-refractivity contribution in [3.63, 3.8) is 0 Å². The van der Waals surface area contributed by atoms with Gasteiger partial charge in [0, 0.05) is 24.7 Å². The molecule has 0 unspecified atom stereocenters. The SMILES string of the molecule is CC(=O)SCCC#Cc1cccc(CO)c1F. The van der Waals surface area contributed by atoms with Gasteiger partial charge in [-0.1, -0.05) is 35.7 Å². The van der Waals surface area contributed by atoms with Crippen LogP contribution < -0.4 is 0 Å². The fourth-order valence-corrected chi connectivity index (χ4v) is 1.69. The maximum atomic E-state index is 13.6. The number of carbonyl (C=O) groups is 1. The highest BCUT2D eigenvalue weighted by Gasteiger charge is 2.04.